The smallest absolute Gasteiger partial charge is 0.217 e. The second-order valence-electron chi connectivity index (χ2n) is 2.04. The molecule has 3 nitrogen and oxygen atoms in total. The Bertz CT molecular complexity index is 112. The van der Waals surface area contributed by atoms with Gasteiger partial charge in [-0.25, -0.2) is 0 Å². The zero-order chi connectivity index (χ0) is 7.28. The molecule has 0 radical (unpaired) electrons. The summed E-state index contributed by atoms with van der Waals surface area (Å²) in [6.07, 6.45) is 1.90. The third kappa shape index (κ3) is 5.00. The number of hydrogen-bond donors (Lipinski definition) is 2. The second kappa shape index (κ2) is 4.06. The molecule has 0 aromatic rings. The largest absolute Gasteiger partial charge is 0.354 e. The average molecular weight is 128 g/mol. The Kier molecular flexibility index (Phi) is 3.67. The molecule has 0 aliphatic rings. The third-order valence-electron chi connectivity index (χ3n) is 0.921. The van der Waals surface area contributed by atoms with E-state index < -0.39 is 0 Å². The lowest BCUT2D eigenvalue weighted by Gasteiger charge is -2.07. The van der Waals surface area contributed by atoms with Crippen LogP contribution in [-0.2, 0) is 4.79 Å². The minimum Gasteiger partial charge on any atom is -0.354 e. The Labute approximate surface area is 55.0 Å². The molecule has 1 atom stereocenters. The summed E-state index contributed by atoms with van der Waals surface area (Å²) < 4.78 is 0. The summed E-state index contributed by atoms with van der Waals surface area (Å²) in [5.74, 6) is -0.0376. The van der Waals surface area contributed by atoms with Gasteiger partial charge >= 0.3 is 0 Å². The van der Waals surface area contributed by atoms with Crippen LogP contribution in [0.25, 0.3) is 0 Å². The SMILES string of the molecule is CC(=O)NC(C)CC=N. The van der Waals surface area contributed by atoms with E-state index in [4.69, 9.17) is 5.41 Å². The molecule has 9 heavy (non-hydrogen) atoms. The van der Waals surface area contributed by atoms with E-state index in [1.54, 1.807) is 0 Å². The summed E-state index contributed by atoms with van der Waals surface area (Å²) in [5.41, 5.74) is 0. The zero-order valence-electron chi connectivity index (χ0n) is 5.77. The van der Waals surface area contributed by atoms with Crippen molar-refractivity contribution in [3.63, 3.8) is 0 Å². The molecule has 0 aromatic heterocycles. The monoisotopic (exact) mass is 128 g/mol. The summed E-state index contributed by atoms with van der Waals surface area (Å²) in [6, 6.07) is 0.0972. The van der Waals surface area contributed by atoms with Crippen LogP contribution in [0.15, 0.2) is 0 Å². The van der Waals surface area contributed by atoms with Crippen molar-refractivity contribution in [2.45, 2.75) is 26.3 Å². The molecular weight excluding hydrogens is 116 g/mol. The van der Waals surface area contributed by atoms with Gasteiger partial charge in [0.2, 0.25) is 5.91 Å². The van der Waals surface area contributed by atoms with Gasteiger partial charge in [-0.2, -0.15) is 0 Å². The molecule has 0 saturated heterocycles. The van der Waals surface area contributed by atoms with E-state index in [0.29, 0.717) is 6.42 Å². The van der Waals surface area contributed by atoms with E-state index in [-0.39, 0.29) is 11.9 Å². The lowest BCUT2D eigenvalue weighted by Crippen LogP contribution is -2.30. The Balaban J connectivity index is 3.37. The highest BCUT2D eigenvalue weighted by atomic mass is 16.1. The molecule has 0 saturated carbocycles. The van der Waals surface area contributed by atoms with Crippen LogP contribution in [-0.4, -0.2) is 18.2 Å². The lowest BCUT2D eigenvalue weighted by atomic mass is 10.2. The quantitative estimate of drug-likeness (QED) is 0.536. The highest BCUT2D eigenvalue weighted by Gasteiger charge is 1.98. The molecule has 0 heterocycles. The van der Waals surface area contributed by atoms with E-state index in [2.05, 4.69) is 5.32 Å². The standard InChI is InChI=1S/C6H12N2O/c1-5(3-4-7)8-6(2)9/h4-5,7H,3H2,1-2H3,(H,8,9). The Morgan fingerprint density at radius 3 is 2.78 bits per heavy atom. The van der Waals surface area contributed by atoms with E-state index in [0.717, 1.165) is 0 Å². The Morgan fingerprint density at radius 1 is 1.89 bits per heavy atom. The molecule has 52 valence electrons. The molecule has 0 aliphatic carbocycles. The molecular formula is C6H12N2O. The van der Waals surface area contributed by atoms with Crippen molar-refractivity contribution in [2.75, 3.05) is 0 Å². The summed E-state index contributed by atoms with van der Waals surface area (Å²) in [6.45, 7) is 3.34. The predicted molar refractivity (Wildman–Crippen MR) is 36.7 cm³/mol. The maximum Gasteiger partial charge on any atom is 0.217 e. The van der Waals surface area contributed by atoms with Gasteiger partial charge in [0.1, 0.15) is 0 Å². The van der Waals surface area contributed by atoms with E-state index >= 15 is 0 Å². The lowest BCUT2D eigenvalue weighted by molar-refractivity contribution is -0.119. The Morgan fingerprint density at radius 2 is 2.44 bits per heavy atom. The molecule has 1 amide bonds. The molecule has 0 bridgehead atoms. The summed E-state index contributed by atoms with van der Waals surface area (Å²) in [4.78, 5) is 10.3. The number of nitrogens with one attached hydrogen (secondary N) is 2. The molecule has 0 fully saturated rings. The van der Waals surface area contributed by atoms with Gasteiger partial charge in [0.25, 0.3) is 0 Å². The van der Waals surface area contributed by atoms with Crippen molar-refractivity contribution in [1.29, 1.82) is 5.41 Å². The first-order valence-corrected chi connectivity index (χ1v) is 2.93. The summed E-state index contributed by atoms with van der Waals surface area (Å²) in [5, 5.41) is 9.35. The predicted octanol–water partition coefficient (Wildman–Crippen LogP) is 0.551. The van der Waals surface area contributed by atoms with Gasteiger partial charge in [-0.1, -0.05) is 0 Å². The fourth-order valence-corrected chi connectivity index (χ4v) is 0.583. The number of rotatable bonds is 3. The van der Waals surface area contributed by atoms with Gasteiger partial charge in [-0.3, -0.25) is 4.79 Å². The zero-order valence-corrected chi connectivity index (χ0v) is 5.77. The van der Waals surface area contributed by atoms with E-state index in [1.165, 1.54) is 13.1 Å². The van der Waals surface area contributed by atoms with E-state index in [1.807, 2.05) is 6.92 Å². The highest BCUT2D eigenvalue weighted by molar-refractivity contribution is 5.73. The summed E-state index contributed by atoms with van der Waals surface area (Å²) >= 11 is 0. The van der Waals surface area contributed by atoms with Crippen LogP contribution < -0.4 is 5.32 Å². The minimum absolute atomic E-state index is 0.0376. The molecule has 2 N–H and O–H groups in total. The van der Waals surface area contributed by atoms with Crippen LogP contribution in [0, 0.1) is 5.41 Å². The van der Waals surface area contributed by atoms with Crippen LogP contribution in [0.5, 0.6) is 0 Å². The van der Waals surface area contributed by atoms with Crippen molar-refractivity contribution in [1.82, 2.24) is 5.32 Å². The third-order valence-corrected chi connectivity index (χ3v) is 0.921. The molecule has 0 aliphatic heterocycles. The van der Waals surface area contributed by atoms with Gasteiger partial charge in [0.15, 0.2) is 0 Å². The van der Waals surface area contributed by atoms with Crippen LogP contribution in [0.2, 0.25) is 0 Å². The highest BCUT2D eigenvalue weighted by Crippen LogP contribution is 1.84. The number of carbonyl (C=O) groups is 1. The van der Waals surface area contributed by atoms with Crippen LogP contribution >= 0.6 is 0 Å². The minimum atomic E-state index is -0.0376. The van der Waals surface area contributed by atoms with E-state index in [9.17, 15) is 4.79 Å². The van der Waals surface area contributed by atoms with Gasteiger partial charge in [-0.05, 0) is 13.1 Å². The van der Waals surface area contributed by atoms with Crippen molar-refractivity contribution < 1.29 is 4.79 Å². The maximum atomic E-state index is 10.3. The molecule has 1 unspecified atom stereocenters. The van der Waals surface area contributed by atoms with Gasteiger partial charge in [-0.15, -0.1) is 0 Å². The van der Waals surface area contributed by atoms with Crippen LogP contribution in [0.1, 0.15) is 20.3 Å². The first-order chi connectivity index (χ1) is 4.16. The number of carbonyl (C=O) groups excluding carboxylic acids is 1. The van der Waals surface area contributed by atoms with Gasteiger partial charge in [0, 0.05) is 19.4 Å². The van der Waals surface area contributed by atoms with Crippen molar-refractivity contribution in [3.8, 4) is 0 Å². The van der Waals surface area contributed by atoms with Gasteiger partial charge in [0.05, 0.1) is 0 Å². The van der Waals surface area contributed by atoms with Crippen LogP contribution in [0.3, 0.4) is 0 Å². The van der Waals surface area contributed by atoms with Crippen molar-refractivity contribution in [2.24, 2.45) is 0 Å². The average Bonchev–Trinajstić information content (AvgIpc) is 1.63. The van der Waals surface area contributed by atoms with Gasteiger partial charge < -0.3 is 10.7 Å². The fraction of sp³-hybridized carbons (Fsp3) is 0.667. The van der Waals surface area contributed by atoms with Crippen molar-refractivity contribution in [3.05, 3.63) is 0 Å². The number of hydrogen-bond acceptors (Lipinski definition) is 2. The maximum absolute atomic E-state index is 10.3. The topological polar surface area (TPSA) is 53.0 Å². The normalized spacial score (nSPS) is 12.2. The van der Waals surface area contributed by atoms with Crippen molar-refractivity contribution >= 4 is 12.1 Å². The molecule has 0 rings (SSSR count). The Hall–Kier alpha value is -0.860. The second-order valence-corrected chi connectivity index (χ2v) is 2.04. The first kappa shape index (κ1) is 8.14. The first-order valence-electron chi connectivity index (χ1n) is 2.93. The molecule has 3 heteroatoms. The summed E-state index contributed by atoms with van der Waals surface area (Å²) in [7, 11) is 0. The van der Waals surface area contributed by atoms with Crippen LogP contribution in [0.4, 0.5) is 0 Å². The molecule has 0 aromatic carbocycles. The fourth-order valence-electron chi connectivity index (χ4n) is 0.583. The number of amides is 1. The molecule has 0 spiro atoms.